The van der Waals surface area contributed by atoms with Gasteiger partial charge in [-0.3, -0.25) is 10.1 Å². The van der Waals surface area contributed by atoms with E-state index in [1.54, 1.807) is 18.3 Å². The van der Waals surface area contributed by atoms with E-state index in [0.717, 1.165) is 15.6 Å². The Labute approximate surface area is 117 Å². The van der Waals surface area contributed by atoms with Crippen molar-refractivity contribution in [3.63, 3.8) is 0 Å². The molecule has 3 rings (SSSR count). The molecule has 0 fully saturated rings. The van der Waals surface area contributed by atoms with E-state index in [1.807, 2.05) is 19.1 Å². The molecule has 0 saturated heterocycles. The Bertz CT molecular complexity index is 753. The van der Waals surface area contributed by atoms with Gasteiger partial charge in [0.1, 0.15) is 5.52 Å². The maximum atomic E-state index is 5.95. The minimum atomic E-state index is 0.508. The lowest BCUT2D eigenvalue weighted by Gasteiger charge is -2.08. The molecule has 96 valence electrons. The molecule has 2 heterocycles. The van der Waals surface area contributed by atoms with Crippen molar-refractivity contribution >= 4 is 32.5 Å². The van der Waals surface area contributed by atoms with Gasteiger partial charge in [-0.15, -0.1) is 5.10 Å². The van der Waals surface area contributed by atoms with Crippen molar-refractivity contribution in [2.75, 3.05) is 5.73 Å². The third-order valence-electron chi connectivity index (χ3n) is 2.71. The maximum absolute atomic E-state index is 5.95. The summed E-state index contributed by atoms with van der Waals surface area (Å²) in [6.45, 7) is 1.91. The zero-order valence-corrected chi connectivity index (χ0v) is 11.7. The average molecular weight is 319 g/mol. The summed E-state index contributed by atoms with van der Waals surface area (Å²) in [6.07, 6.45) is 1.71. The molecule has 0 unspecified atom stereocenters. The molecule has 0 aliphatic heterocycles. The first kappa shape index (κ1) is 12.0. The van der Waals surface area contributed by atoms with Crippen molar-refractivity contribution in [3.8, 4) is 11.6 Å². The van der Waals surface area contributed by atoms with Crippen molar-refractivity contribution in [2.24, 2.45) is 0 Å². The number of H-pyrrole nitrogens is 1. The minimum Gasteiger partial charge on any atom is -0.435 e. The molecule has 0 saturated carbocycles. The highest BCUT2D eigenvalue weighted by Gasteiger charge is 2.09. The summed E-state index contributed by atoms with van der Waals surface area (Å²) in [6, 6.07) is 7.33. The molecular formula is C13H11BrN4O. The van der Waals surface area contributed by atoms with E-state index in [9.17, 15) is 0 Å². The molecule has 3 N–H and O–H groups in total. The van der Waals surface area contributed by atoms with Gasteiger partial charge in [-0.1, -0.05) is 0 Å². The van der Waals surface area contributed by atoms with Gasteiger partial charge in [0.25, 0.3) is 0 Å². The van der Waals surface area contributed by atoms with Gasteiger partial charge in [0.15, 0.2) is 5.75 Å². The van der Waals surface area contributed by atoms with E-state index in [0.29, 0.717) is 22.8 Å². The normalized spacial score (nSPS) is 10.8. The second-order valence-electron chi connectivity index (χ2n) is 4.19. The predicted octanol–water partition coefficient (Wildman–Crippen LogP) is 3.40. The molecule has 2 aromatic heterocycles. The van der Waals surface area contributed by atoms with E-state index < -0.39 is 0 Å². The number of aromatic nitrogens is 3. The number of nitrogens with zero attached hydrogens (tertiary/aromatic N) is 2. The van der Waals surface area contributed by atoms with Crippen molar-refractivity contribution in [1.29, 1.82) is 0 Å². The van der Waals surface area contributed by atoms with Crippen molar-refractivity contribution in [1.82, 2.24) is 15.2 Å². The molecular weight excluding hydrogens is 308 g/mol. The molecule has 0 aliphatic rings. The number of fused-ring (bicyclic) bond motifs is 1. The molecule has 0 radical (unpaired) electrons. The van der Waals surface area contributed by atoms with Crippen LogP contribution < -0.4 is 10.5 Å². The highest BCUT2D eigenvalue weighted by Crippen LogP contribution is 2.32. The highest BCUT2D eigenvalue weighted by atomic mass is 79.9. The van der Waals surface area contributed by atoms with Crippen LogP contribution in [0.2, 0.25) is 0 Å². The predicted molar refractivity (Wildman–Crippen MR) is 77.3 cm³/mol. The molecule has 19 heavy (non-hydrogen) atoms. The van der Waals surface area contributed by atoms with E-state index in [4.69, 9.17) is 10.5 Å². The number of hydrogen-bond acceptors (Lipinski definition) is 4. The lowest BCUT2D eigenvalue weighted by molar-refractivity contribution is 0.466. The highest BCUT2D eigenvalue weighted by molar-refractivity contribution is 9.10. The van der Waals surface area contributed by atoms with Crippen molar-refractivity contribution in [3.05, 3.63) is 40.6 Å². The van der Waals surface area contributed by atoms with Crippen LogP contribution in [0.25, 0.3) is 10.9 Å². The number of aromatic amines is 1. The number of rotatable bonds is 2. The van der Waals surface area contributed by atoms with Gasteiger partial charge < -0.3 is 10.5 Å². The molecule has 5 nitrogen and oxygen atoms in total. The summed E-state index contributed by atoms with van der Waals surface area (Å²) in [4.78, 5) is 4.35. The Balaban J connectivity index is 2.11. The lowest BCUT2D eigenvalue weighted by atomic mass is 10.2. The fraction of sp³-hybridized carbons (Fsp3) is 0.0769. The zero-order valence-electron chi connectivity index (χ0n) is 10.1. The van der Waals surface area contributed by atoms with Gasteiger partial charge in [0.2, 0.25) is 5.88 Å². The second kappa shape index (κ2) is 4.55. The molecule has 0 amide bonds. The Kier molecular flexibility index (Phi) is 2.87. The van der Waals surface area contributed by atoms with Crippen LogP contribution in [-0.4, -0.2) is 15.2 Å². The molecule has 0 spiro atoms. The molecule has 6 heteroatoms. The molecule has 0 atom stereocenters. The van der Waals surface area contributed by atoms with Crippen LogP contribution in [0.5, 0.6) is 11.6 Å². The van der Waals surface area contributed by atoms with E-state index in [-0.39, 0.29) is 0 Å². The minimum absolute atomic E-state index is 0.508. The molecule has 0 bridgehead atoms. The first-order valence-electron chi connectivity index (χ1n) is 5.67. The van der Waals surface area contributed by atoms with Crippen LogP contribution in [0.4, 0.5) is 5.69 Å². The van der Waals surface area contributed by atoms with Crippen LogP contribution in [-0.2, 0) is 0 Å². The van der Waals surface area contributed by atoms with Gasteiger partial charge in [-0.2, -0.15) is 0 Å². The number of ether oxygens (including phenoxy) is 1. The van der Waals surface area contributed by atoms with Gasteiger partial charge in [0.05, 0.1) is 0 Å². The van der Waals surface area contributed by atoms with E-state index >= 15 is 0 Å². The topological polar surface area (TPSA) is 76.8 Å². The number of pyridine rings is 1. The number of hydrogen-bond donors (Lipinski definition) is 2. The Morgan fingerprint density at radius 2 is 2.16 bits per heavy atom. The first-order chi connectivity index (χ1) is 9.13. The largest absolute Gasteiger partial charge is 0.435 e. The first-order valence-corrected chi connectivity index (χ1v) is 6.46. The summed E-state index contributed by atoms with van der Waals surface area (Å²) in [5, 5.41) is 7.72. The molecule has 1 aromatic carbocycles. The Morgan fingerprint density at radius 3 is 2.89 bits per heavy atom. The average Bonchev–Trinajstić information content (AvgIpc) is 2.79. The third-order valence-corrected chi connectivity index (χ3v) is 3.14. The van der Waals surface area contributed by atoms with Crippen LogP contribution in [0.3, 0.4) is 0 Å². The Hall–Kier alpha value is -2.08. The molecule has 3 aromatic rings. The second-order valence-corrected chi connectivity index (χ2v) is 5.11. The number of anilines is 1. The fourth-order valence-corrected chi connectivity index (χ4v) is 2.16. The monoisotopic (exact) mass is 318 g/mol. The number of halogens is 1. The standard InChI is InChI=1S/C13H11BrN4O/c1-7-4-12(18-17-7)19-11-3-2-10(15)9-5-8(14)6-16-13(9)11/h2-6H,15H2,1H3,(H,17,18). The SMILES string of the molecule is Cc1cc(Oc2ccc(N)c3cc(Br)cnc23)n[nH]1. The number of nitrogen functional groups attached to an aromatic ring is 1. The third kappa shape index (κ3) is 2.26. The lowest BCUT2D eigenvalue weighted by Crippen LogP contribution is -1.93. The smallest absolute Gasteiger partial charge is 0.238 e. The summed E-state index contributed by atoms with van der Waals surface area (Å²) in [5.41, 5.74) is 8.26. The van der Waals surface area contributed by atoms with E-state index in [1.165, 1.54) is 0 Å². The van der Waals surface area contributed by atoms with Crippen molar-refractivity contribution in [2.45, 2.75) is 6.92 Å². The number of nitrogens with one attached hydrogen (secondary N) is 1. The summed E-state index contributed by atoms with van der Waals surface area (Å²) in [7, 11) is 0. The van der Waals surface area contributed by atoms with Crippen LogP contribution in [0.15, 0.2) is 34.9 Å². The van der Waals surface area contributed by atoms with Gasteiger partial charge in [0, 0.05) is 33.5 Å². The number of nitrogens with two attached hydrogens (primary N) is 1. The van der Waals surface area contributed by atoms with Crippen molar-refractivity contribution < 1.29 is 4.74 Å². The summed E-state index contributed by atoms with van der Waals surface area (Å²) >= 11 is 3.39. The van der Waals surface area contributed by atoms with Gasteiger partial charge in [-0.25, -0.2) is 0 Å². The van der Waals surface area contributed by atoms with Crippen LogP contribution >= 0.6 is 15.9 Å². The van der Waals surface area contributed by atoms with E-state index in [2.05, 4.69) is 31.1 Å². The zero-order chi connectivity index (χ0) is 13.4. The maximum Gasteiger partial charge on any atom is 0.238 e. The van der Waals surface area contributed by atoms with Crippen LogP contribution in [0, 0.1) is 6.92 Å². The summed E-state index contributed by atoms with van der Waals surface area (Å²) in [5.74, 6) is 1.14. The van der Waals surface area contributed by atoms with Gasteiger partial charge >= 0.3 is 0 Å². The van der Waals surface area contributed by atoms with Crippen LogP contribution in [0.1, 0.15) is 5.69 Å². The fourth-order valence-electron chi connectivity index (χ4n) is 1.83. The van der Waals surface area contributed by atoms with Gasteiger partial charge in [-0.05, 0) is 41.1 Å². The number of aryl methyl sites for hydroxylation is 1. The summed E-state index contributed by atoms with van der Waals surface area (Å²) < 4.78 is 6.61. The Morgan fingerprint density at radius 1 is 1.32 bits per heavy atom. The quantitative estimate of drug-likeness (QED) is 0.710. The molecule has 0 aliphatic carbocycles. The number of benzene rings is 1.